The van der Waals surface area contributed by atoms with E-state index in [0.717, 1.165) is 45.5 Å². The molecular formula is C31H31N3O3. The second kappa shape index (κ2) is 8.80. The van der Waals surface area contributed by atoms with Gasteiger partial charge in [0.15, 0.2) is 5.54 Å². The minimum atomic E-state index is -1.11. The molecule has 2 amide bonds. The monoisotopic (exact) mass is 493 g/mol. The Hall–Kier alpha value is -4.06. The number of nitrogens with one attached hydrogen (secondary N) is 1. The Labute approximate surface area is 216 Å². The fourth-order valence-corrected chi connectivity index (χ4v) is 6.08. The molecule has 0 radical (unpaired) electrons. The number of aromatic amines is 1. The van der Waals surface area contributed by atoms with E-state index in [2.05, 4.69) is 42.2 Å². The van der Waals surface area contributed by atoms with Crippen molar-refractivity contribution < 1.29 is 14.3 Å². The maximum Gasteiger partial charge on any atom is 0.255 e. The lowest BCUT2D eigenvalue weighted by Crippen LogP contribution is -2.67. The third kappa shape index (κ3) is 3.62. The van der Waals surface area contributed by atoms with Crippen molar-refractivity contribution >= 4 is 22.7 Å². The summed E-state index contributed by atoms with van der Waals surface area (Å²) in [4.78, 5) is 35.0. The van der Waals surface area contributed by atoms with Gasteiger partial charge in [-0.3, -0.25) is 9.59 Å². The number of carbonyl (C=O) groups is 2. The zero-order valence-corrected chi connectivity index (χ0v) is 21.5. The smallest absolute Gasteiger partial charge is 0.255 e. The molecule has 3 heterocycles. The van der Waals surface area contributed by atoms with Crippen LogP contribution in [0.15, 0.2) is 72.8 Å². The van der Waals surface area contributed by atoms with Gasteiger partial charge in [0.1, 0.15) is 12.3 Å². The third-order valence-electron chi connectivity index (χ3n) is 8.12. The number of hydrogen-bond acceptors (Lipinski definition) is 3. The second-order valence-corrected chi connectivity index (χ2v) is 10.2. The van der Waals surface area contributed by atoms with Crippen LogP contribution in [-0.4, -0.2) is 46.8 Å². The van der Waals surface area contributed by atoms with Gasteiger partial charge < -0.3 is 19.5 Å². The van der Waals surface area contributed by atoms with Crippen molar-refractivity contribution in [2.24, 2.45) is 0 Å². The quantitative estimate of drug-likeness (QED) is 0.427. The molecule has 1 fully saturated rings. The van der Waals surface area contributed by atoms with Crippen LogP contribution in [0, 0.1) is 0 Å². The molecule has 6 heteroatoms. The fraction of sp³-hybridized carbons (Fsp3) is 0.290. The summed E-state index contributed by atoms with van der Waals surface area (Å²) < 4.78 is 5.36. The molecule has 6 rings (SSSR count). The Kier molecular flexibility index (Phi) is 5.55. The number of benzene rings is 3. The number of hydrogen-bond donors (Lipinski definition) is 1. The highest BCUT2D eigenvalue weighted by molar-refractivity contribution is 6.01. The number of rotatable bonds is 5. The Bertz CT molecular complexity index is 1510. The molecule has 2 aliphatic heterocycles. The Morgan fingerprint density at radius 2 is 1.78 bits per heavy atom. The first-order valence-electron chi connectivity index (χ1n) is 12.9. The van der Waals surface area contributed by atoms with Crippen LogP contribution < -0.4 is 4.74 Å². The van der Waals surface area contributed by atoms with Crippen molar-refractivity contribution in [3.63, 3.8) is 0 Å². The lowest BCUT2D eigenvalue weighted by molar-refractivity contribution is -0.166. The molecule has 6 nitrogen and oxygen atoms in total. The molecule has 188 valence electrons. The number of nitrogens with zero attached hydrogens (tertiary/aromatic N) is 2. The van der Waals surface area contributed by atoms with Gasteiger partial charge in [-0.25, -0.2) is 0 Å². The number of para-hydroxylation sites is 1. The van der Waals surface area contributed by atoms with Crippen LogP contribution in [0.4, 0.5) is 0 Å². The lowest BCUT2D eigenvalue weighted by atomic mass is 9.76. The largest absolute Gasteiger partial charge is 0.497 e. The number of carbonyl (C=O) groups excluding carboxylic acids is 2. The molecule has 2 aliphatic rings. The first-order chi connectivity index (χ1) is 17.9. The first kappa shape index (κ1) is 23.3. The van der Waals surface area contributed by atoms with Crippen molar-refractivity contribution in [1.82, 2.24) is 14.8 Å². The number of methoxy groups -OCH3 is 1. The molecule has 37 heavy (non-hydrogen) atoms. The van der Waals surface area contributed by atoms with Gasteiger partial charge in [-0.05, 0) is 53.8 Å². The van der Waals surface area contributed by atoms with E-state index in [9.17, 15) is 9.59 Å². The van der Waals surface area contributed by atoms with Gasteiger partial charge in [0.05, 0.1) is 12.8 Å². The van der Waals surface area contributed by atoms with E-state index in [1.165, 1.54) is 5.56 Å². The van der Waals surface area contributed by atoms with E-state index in [1.807, 2.05) is 49.4 Å². The molecule has 0 unspecified atom stereocenters. The van der Waals surface area contributed by atoms with Crippen molar-refractivity contribution in [3.05, 3.63) is 101 Å². The number of amides is 2. The SMILES string of the molecule is CCc1ccc([C@@H]2CN3C(=O)CN(Cc4cccc(OC)c4)C(=O)[C@]3(C)c3[nH]c4ccccc4c32)cc1. The maximum atomic E-state index is 14.2. The summed E-state index contributed by atoms with van der Waals surface area (Å²) in [5.41, 5.74) is 5.17. The third-order valence-corrected chi connectivity index (χ3v) is 8.12. The van der Waals surface area contributed by atoms with Crippen LogP contribution in [0.2, 0.25) is 0 Å². The van der Waals surface area contributed by atoms with Crippen LogP contribution in [0.3, 0.4) is 0 Å². The molecular weight excluding hydrogens is 462 g/mol. The summed E-state index contributed by atoms with van der Waals surface area (Å²) in [5.74, 6) is 0.604. The van der Waals surface area contributed by atoms with E-state index in [-0.39, 0.29) is 24.3 Å². The zero-order chi connectivity index (χ0) is 25.7. The van der Waals surface area contributed by atoms with Crippen molar-refractivity contribution in [2.75, 3.05) is 20.2 Å². The molecule has 1 N–H and O–H groups in total. The number of ether oxygens (including phenoxy) is 1. The van der Waals surface area contributed by atoms with E-state index in [0.29, 0.717) is 13.1 Å². The van der Waals surface area contributed by atoms with Gasteiger partial charge in [0.2, 0.25) is 5.91 Å². The second-order valence-electron chi connectivity index (χ2n) is 10.2. The van der Waals surface area contributed by atoms with Gasteiger partial charge in [0, 0.05) is 29.9 Å². The fourth-order valence-electron chi connectivity index (χ4n) is 6.08. The van der Waals surface area contributed by atoms with Crippen molar-refractivity contribution in [3.8, 4) is 5.75 Å². The number of piperazine rings is 1. The molecule has 0 aliphatic carbocycles. The first-order valence-corrected chi connectivity index (χ1v) is 12.9. The van der Waals surface area contributed by atoms with E-state index in [1.54, 1.807) is 16.9 Å². The average molecular weight is 494 g/mol. The summed E-state index contributed by atoms with van der Waals surface area (Å²) in [7, 11) is 1.62. The average Bonchev–Trinajstić information content (AvgIpc) is 3.33. The topological polar surface area (TPSA) is 65.6 Å². The van der Waals surface area contributed by atoms with Crippen molar-refractivity contribution in [2.45, 2.75) is 38.3 Å². The minimum absolute atomic E-state index is 0.0215. The maximum absolute atomic E-state index is 14.2. The Morgan fingerprint density at radius 3 is 2.54 bits per heavy atom. The van der Waals surface area contributed by atoms with Gasteiger partial charge in [0.25, 0.3) is 5.91 Å². The number of aromatic nitrogens is 1. The molecule has 0 bridgehead atoms. The van der Waals surface area contributed by atoms with Crippen LogP contribution >= 0.6 is 0 Å². The predicted molar refractivity (Wildman–Crippen MR) is 143 cm³/mol. The Balaban J connectivity index is 1.47. The summed E-state index contributed by atoms with van der Waals surface area (Å²) in [6.45, 7) is 4.92. The highest BCUT2D eigenvalue weighted by atomic mass is 16.5. The van der Waals surface area contributed by atoms with Crippen LogP contribution in [-0.2, 0) is 28.1 Å². The number of H-pyrrole nitrogens is 1. The van der Waals surface area contributed by atoms with Gasteiger partial charge in [-0.2, -0.15) is 0 Å². The molecule has 0 saturated carbocycles. The highest BCUT2D eigenvalue weighted by Crippen LogP contribution is 2.48. The Morgan fingerprint density at radius 1 is 1.00 bits per heavy atom. The van der Waals surface area contributed by atoms with Crippen LogP contribution in [0.25, 0.3) is 10.9 Å². The van der Waals surface area contributed by atoms with Gasteiger partial charge in [-0.1, -0.05) is 61.5 Å². The summed E-state index contributed by atoms with van der Waals surface area (Å²) in [6, 6.07) is 24.5. The number of aryl methyl sites for hydroxylation is 1. The number of fused-ring (bicyclic) bond motifs is 5. The predicted octanol–water partition coefficient (Wildman–Crippen LogP) is 4.97. The lowest BCUT2D eigenvalue weighted by Gasteiger charge is -2.51. The standard InChI is InChI=1S/C31H31N3O3/c1-4-20-12-14-22(15-13-20)25-18-34-27(35)19-33(17-21-8-7-9-23(16-21)37-3)30(36)31(34,2)29-28(25)24-10-5-6-11-26(24)32-29/h5-16,25,32H,4,17-19H2,1-3H3/t25-,31-/m0/s1. The molecule has 1 aromatic heterocycles. The van der Waals surface area contributed by atoms with Gasteiger partial charge in [-0.15, -0.1) is 0 Å². The van der Waals surface area contributed by atoms with E-state index < -0.39 is 5.54 Å². The molecule has 0 spiro atoms. The van der Waals surface area contributed by atoms with Crippen LogP contribution in [0.1, 0.15) is 47.7 Å². The van der Waals surface area contributed by atoms with E-state index in [4.69, 9.17) is 4.74 Å². The van der Waals surface area contributed by atoms with Crippen LogP contribution in [0.5, 0.6) is 5.75 Å². The molecule has 3 aromatic carbocycles. The molecule has 4 aromatic rings. The molecule has 2 atom stereocenters. The minimum Gasteiger partial charge on any atom is -0.497 e. The normalized spacial score (nSPS) is 21.2. The van der Waals surface area contributed by atoms with Gasteiger partial charge >= 0.3 is 0 Å². The van der Waals surface area contributed by atoms with Crippen molar-refractivity contribution in [1.29, 1.82) is 0 Å². The zero-order valence-electron chi connectivity index (χ0n) is 21.5. The summed E-state index contributed by atoms with van der Waals surface area (Å²) >= 11 is 0. The highest BCUT2D eigenvalue weighted by Gasteiger charge is 2.56. The van der Waals surface area contributed by atoms with E-state index >= 15 is 0 Å². The summed E-state index contributed by atoms with van der Waals surface area (Å²) in [6.07, 6.45) is 0.976. The summed E-state index contributed by atoms with van der Waals surface area (Å²) in [5, 5.41) is 1.10. The molecule has 1 saturated heterocycles.